The van der Waals surface area contributed by atoms with E-state index in [0.717, 1.165) is 23.7 Å². The van der Waals surface area contributed by atoms with Crippen LogP contribution in [0.1, 0.15) is 65.2 Å². The fraction of sp³-hybridized carbons (Fsp3) is 0.920. The number of allylic oxidation sites excluding steroid dienone is 2. The molecule has 0 heterocycles. The van der Waals surface area contributed by atoms with Crippen LogP contribution in [0.3, 0.4) is 0 Å². The van der Waals surface area contributed by atoms with E-state index in [9.17, 15) is 0 Å². The summed E-state index contributed by atoms with van der Waals surface area (Å²) in [6.45, 7) is 19.3. The van der Waals surface area contributed by atoms with Gasteiger partial charge >= 0.3 is 0 Å². The second-order valence-electron chi connectivity index (χ2n) is 13.3. The summed E-state index contributed by atoms with van der Waals surface area (Å²) in [5.74, 6) is 4.80. The Balaban J connectivity index is 1.53. The third-order valence-corrected chi connectivity index (χ3v) is 11.0. The van der Waals surface area contributed by atoms with Crippen LogP contribution in [0.5, 0.6) is 0 Å². The van der Waals surface area contributed by atoms with E-state index in [4.69, 9.17) is 8.85 Å². The van der Waals surface area contributed by atoms with Crippen molar-refractivity contribution >= 4 is 16.6 Å². The zero-order valence-corrected chi connectivity index (χ0v) is 22.4. The summed E-state index contributed by atoms with van der Waals surface area (Å²) >= 11 is 0. The maximum atomic E-state index is 6.76. The molecule has 0 aromatic rings. The number of fused-ring (bicyclic) bond motifs is 5. The third kappa shape index (κ3) is 4.07. The van der Waals surface area contributed by atoms with Crippen LogP contribution in [-0.4, -0.2) is 22.7 Å². The van der Waals surface area contributed by atoms with Gasteiger partial charge in [0.15, 0.2) is 8.32 Å². The third-order valence-electron chi connectivity index (χ3n) is 9.09. The number of hydrogen-bond acceptors (Lipinski definition) is 2. The standard InChI is InChI=1S/C25H46O2Si2/c1-24-15-13-19(26-28(3,4)5)17-18(24)9-10-20-21-11-12-23(27-29(6,7)8)25(21,2)16-14-22(20)24/h17-18,20-23H,9-16H2,1-8H3/t18-,20?,21?,22?,23+,24+,25+/m1/s1. The van der Waals surface area contributed by atoms with Crippen molar-refractivity contribution in [3.8, 4) is 0 Å². The van der Waals surface area contributed by atoms with E-state index in [0.29, 0.717) is 16.9 Å². The van der Waals surface area contributed by atoms with Gasteiger partial charge in [0.2, 0.25) is 8.32 Å². The maximum Gasteiger partial charge on any atom is 0.241 e. The molecule has 4 aliphatic rings. The Kier molecular flexibility index (Phi) is 5.52. The minimum Gasteiger partial charge on any atom is -0.548 e. The van der Waals surface area contributed by atoms with E-state index in [2.05, 4.69) is 59.2 Å². The van der Waals surface area contributed by atoms with E-state index >= 15 is 0 Å². The van der Waals surface area contributed by atoms with E-state index < -0.39 is 16.6 Å². The van der Waals surface area contributed by atoms with E-state index in [-0.39, 0.29) is 0 Å². The fourth-order valence-corrected chi connectivity index (χ4v) is 10.1. The number of hydrogen-bond donors (Lipinski definition) is 0. The van der Waals surface area contributed by atoms with Gasteiger partial charge in [0.1, 0.15) is 0 Å². The van der Waals surface area contributed by atoms with Crippen molar-refractivity contribution in [2.24, 2.45) is 34.5 Å². The van der Waals surface area contributed by atoms with Gasteiger partial charge in [0, 0.05) is 6.42 Å². The van der Waals surface area contributed by atoms with Crippen LogP contribution in [0.25, 0.3) is 0 Å². The predicted octanol–water partition coefficient (Wildman–Crippen LogP) is 7.59. The van der Waals surface area contributed by atoms with Crippen molar-refractivity contribution in [1.29, 1.82) is 0 Å². The molecule has 0 radical (unpaired) electrons. The van der Waals surface area contributed by atoms with Gasteiger partial charge in [0.25, 0.3) is 0 Å². The van der Waals surface area contributed by atoms with Gasteiger partial charge in [-0.3, -0.25) is 0 Å². The molecule has 7 atom stereocenters. The van der Waals surface area contributed by atoms with Gasteiger partial charge < -0.3 is 8.85 Å². The average molecular weight is 435 g/mol. The van der Waals surface area contributed by atoms with Crippen LogP contribution in [0.2, 0.25) is 39.3 Å². The molecule has 0 N–H and O–H groups in total. The molecule has 0 aromatic carbocycles. The molecule has 0 spiro atoms. The number of rotatable bonds is 4. The molecule has 29 heavy (non-hydrogen) atoms. The summed E-state index contributed by atoms with van der Waals surface area (Å²) in [6, 6.07) is 0. The van der Waals surface area contributed by atoms with Crippen molar-refractivity contribution in [2.75, 3.05) is 0 Å². The molecule has 0 saturated heterocycles. The maximum absolute atomic E-state index is 6.76. The Morgan fingerprint density at radius 2 is 1.48 bits per heavy atom. The van der Waals surface area contributed by atoms with E-state index in [1.807, 2.05) is 0 Å². The summed E-state index contributed by atoms with van der Waals surface area (Å²) in [7, 11) is -2.97. The highest BCUT2D eigenvalue weighted by atomic mass is 28.4. The van der Waals surface area contributed by atoms with Crippen molar-refractivity contribution in [1.82, 2.24) is 0 Å². The lowest BCUT2D eigenvalue weighted by Gasteiger charge is -2.60. The Morgan fingerprint density at radius 3 is 2.14 bits per heavy atom. The Hall–Kier alpha value is -0.0662. The van der Waals surface area contributed by atoms with Crippen LogP contribution in [0, 0.1) is 34.5 Å². The van der Waals surface area contributed by atoms with Crippen molar-refractivity contribution < 1.29 is 8.85 Å². The summed E-state index contributed by atoms with van der Waals surface area (Å²) in [6.07, 6.45) is 14.0. The van der Waals surface area contributed by atoms with Crippen molar-refractivity contribution in [3.63, 3.8) is 0 Å². The minimum absolute atomic E-state index is 0.432. The van der Waals surface area contributed by atoms with Crippen molar-refractivity contribution in [3.05, 3.63) is 11.8 Å². The molecule has 0 amide bonds. The zero-order chi connectivity index (χ0) is 21.2. The quantitative estimate of drug-likeness (QED) is 0.424. The zero-order valence-electron chi connectivity index (χ0n) is 20.4. The Morgan fingerprint density at radius 1 is 0.793 bits per heavy atom. The fourth-order valence-electron chi connectivity index (χ4n) is 7.88. The minimum atomic E-state index is -1.49. The first kappa shape index (κ1) is 22.1. The monoisotopic (exact) mass is 434 g/mol. The van der Waals surface area contributed by atoms with Gasteiger partial charge in [-0.05, 0) is 125 Å². The van der Waals surface area contributed by atoms with Crippen LogP contribution in [0.15, 0.2) is 11.8 Å². The Labute approximate surface area is 182 Å². The molecule has 4 heteroatoms. The van der Waals surface area contributed by atoms with E-state index in [1.54, 1.807) is 0 Å². The first-order chi connectivity index (χ1) is 13.3. The van der Waals surface area contributed by atoms with Crippen LogP contribution in [-0.2, 0) is 8.85 Å². The lowest BCUT2D eigenvalue weighted by atomic mass is 9.46. The molecule has 3 unspecified atom stereocenters. The lowest BCUT2D eigenvalue weighted by Crippen LogP contribution is -2.54. The molecule has 3 saturated carbocycles. The molecule has 0 bridgehead atoms. The molecular weight excluding hydrogens is 388 g/mol. The van der Waals surface area contributed by atoms with Gasteiger partial charge in [-0.25, -0.2) is 0 Å². The summed E-state index contributed by atoms with van der Waals surface area (Å²) in [5.41, 5.74) is 0.926. The first-order valence-corrected chi connectivity index (χ1v) is 19.2. The second-order valence-corrected chi connectivity index (χ2v) is 22.1. The van der Waals surface area contributed by atoms with Gasteiger partial charge in [-0.2, -0.15) is 0 Å². The summed E-state index contributed by atoms with van der Waals surface area (Å²) in [4.78, 5) is 0. The predicted molar refractivity (Wildman–Crippen MR) is 128 cm³/mol. The summed E-state index contributed by atoms with van der Waals surface area (Å²) in [5, 5.41) is 0. The van der Waals surface area contributed by atoms with Gasteiger partial charge in [0.05, 0.1) is 11.9 Å². The average Bonchev–Trinajstić information content (AvgIpc) is 2.89. The molecule has 4 aliphatic carbocycles. The SMILES string of the molecule is C[C@]12CCC3C(CC[C@@H]4C=C(O[Si](C)(C)C)CC[C@]34C)C1CC[C@@H]2O[Si](C)(C)C. The van der Waals surface area contributed by atoms with Gasteiger partial charge in [-0.15, -0.1) is 0 Å². The molecule has 166 valence electrons. The van der Waals surface area contributed by atoms with E-state index in [1.165, 1.54) is 57.1 Å². The molecule has 4 rings (SSSR count). The van der Waals surface area contributed by atoms with Crippen molar-refractivity contribution in [2.45, 2.75) is 111 Å². The molecule has 2 nitrogen and oxygen atoms in total. The topological polar surface area (TPSA) is 18.5 Å². The molecule has 0 aliphatic heterocycles. The normalized spacial score (nSPS) is 45.1. The molecule has 3 fully saturated rings. The molecule has 0 aromatic heterocycles. The Bertz CT molecular complexity index is 661. The second kappa shape index (κ2) is 7.23. The van der Waals surface area contributed by atoms with Gasteiger partial charge in [-0.1, -0.05) is 13.8 Å². The first-order valence-electron chi connectivity index (χ1n) is 12.4. The highest BCUT2D eigenvalue weighted by Gasteiger charge is 2.60. The highest BCUT2D eigenvalue weighted by molar-refractivity contribution is 6.70. The lowest BCUT2D eigenvalue weighted by molar-refractivity contribution is -0.103. The highest BCUT2D eigenvalue weighted by Crippen LogP contribution is 2.66. The van der Waals surface area contributed by atoms with Crippen LogP contribution in [0.4, 0.5) is 0 Å². The molecular formula is C25H46O2Si2. The van der Waals surface area contributed by atoms with Crippen LogP contribution >= 0.6 is 0 Å². The van der Waals surface area contributed by atoms with Crippen LogP contribution < -0.4 is 0 Å². The smallest absolute Gasteiger partial charge is 0.241 e. The largest absolute Gasteiger partial charge is 0.548 e. The summed E-state index contributed by atoms with van der Waals surface area (Å²) < 4.78 is 13.2.